The Bertz CT molecular complexity index is 536. The second kappa shape index (κ2) is 7.67. The molecule has 1 N–H and O–H groups in total. The van der Waals surface area contributed by atoms with Gasteiger partial charge < -0.3 is 14.6 Å². The number of aromatic nitrogens is 2. The van der Waals surface area contributed by atoms with Crippen molar-refractivity contribution in [2.24, 2.45) is 0 Å². The molecule has 2 aromatic rings. The molecule has 0 spiro atoms. The van der Waals surface area contributed by atoms with Crippen LogP contribution in [0.15, 0.2) is 29.4 Å². The Balaban J connectivity index is 2.15. The fourth-order valence-electron chi connectivity index (χ4n) is 2.01. The van der Waals surface area contributed by atoms with Gasteiger partial charge in [-0.1, -0.05) is 13.0 Å². The lowest BCUT2D eigenvalue weighted by Gasteiger charge is -2.09. The van der Waals surface area contributed by atoms with Gasteiger partial charge in [0.2, 0.25) is 0 Å². The van der Waals surface area contributed by atoms with Gasteiger partial charge in [-0.15, -0.1) is 11.8 Å². The summed E-state index contributed by atoms with van der Waals surface area (Å²) in [5, 5.41) is 4.64. The van der Waals surface area contributed by atoms with Gasteiger partial charge in [0.15, 0.2) is 0 Å². The Kier molecular flexibility index (Phi) is 5.88. The van der Waals surface area contributed by atoms with Gasteiger partial charge in [-0.2, -0.15) is 0 Å². The van der Waals surface area contributed by atoms with E-state index < -0.39 is 0 Å². The molecule has 0 amide bonds. The number of fused-ring (bicyclic) bond motifs is 1. The minimum absolute atomic E-state index is 0.878. The molecular formula is C15H24N4S. The predicted octanol–water partition coefficient (Wildman–Crippen LogP) is 2.49. The molecule has 0 bridgehead atoms. The highest BCUT2D eigenvalue weighted by Gasteiger charge is 2.11. The summed E-state index contributed by atoms with van der Waals surface area (Å²) in [7, 11) is 4.21. The van der Waals surface area contributed by atoms with Gasteiger partial charge in [0.1, 0.15) is 10.7 Å². The van der Waals surface area contributed by atoms with E-state index in [1.54, 1.807) is 0 Å². The summed E-state index contributed by atoms with van der Waals surface area (Å²) in [6.07, 6.45) is 3.25. The SMILES string of the molecule is CCCNCc1c(SCCN(C)C)nc2ccccn12. The average molecular weight is 292 g/mol. The molecule has 2 rings (SSSR count). The molecule has 0 atom stereocenters. The Morgan fingerprint density at radius 3 is 2.95 bits per heavy atom. The van der Waals surface area contributed by atoms with Crippen LogP contribution >= 0.6 is 11.8 Å². The van der Waals surface area contributed by atoms with Crippen LogP contribution in [0.2, 0.25) is 0 Å². The van der Waals surface area contributed by atoms with Crippen LogP contribution in [-0.2, 0) is 6.54 Å². The van der Waals surface area contributed by atoms with Crippen LogP contribution in [0.4, 0.5) is 0 Å². The zero-order valence-corrected chi connectivity index (χ0v) is 13.4. The van der Waals surface area contributed by atoms with Crippen LogP contribution in [0.5, 0.6) is 0 Å². The van der Waals surface area contributed by atoms with E-state index >= 15 is 0 Å². The van der Waals surface area contributed by atoms with Crippen molar-refractivity contribution in [3.63, 3.8) is 0 Å². The maximum absolute atomic E-state index is 4.76. The minimum atomic E-state index is 0.878. The number of nitrogens with zero attached hydrogens (tertiary/aromatic N) is 3. The van der Waals surface area contributed by atoms with Crippen molar-refractivity contribution < 1.29 is 0 Å². The third kappa shape index (κ3) is 3.98. The van der Waals surface area contributed by atoms with E-state index in [2.05, 4.69) is 54.0 Å². The van der Waals surface area contributed by atoms with Crippen LogP contribution < -0.4 is 5.32 Å². The molecular weight excluding hydrogens is 268 g/mol. The molecule has 0 saturated heterocycles. The summed E-state index contributed by atoms with van der Waals surface area (Å²) in [5.41, 5.74) is 2.31. The standard InChI is InChI=1S/C15H24N4S/c1-4-8-16-12-13-15(20-11-10-18(2)3)17-14-7-5-6-9-19(13)14/h5-7,9,16H,4,8,10-12H2,1-3H3. The Labute approximate surface area is 125 Å². The van der Waals surface area contributed by atoms with Gasteiger partial charge in [-0.3, -0.25) is 0 Å². The zero-order chi connectivity index (χ0) is 14.4. The van der Waals surface area contributed by atoms with Crippen molar-refractivity contribution in [3.8, 4) is 0 Å². The summed E-state index contributed by atoms with van der Waals surface area (Å²) in [5.74, 6) is 1.07. The van der Waals surface area contributed by atoms with Crippen LogP contribution in [0.3, 0.4) is 0 Å². The van der Waals surface area contributed by atoms with Crippen molar-refractivity contribution >= 4 is 17.4 Å². The van der Waals surface area contributed by atoms with E-state index in [9.17, 15) is 0 Å². The first-order valence-corrected chi connectivity index (χ1v) is 8.15. The maximum atomic E-state index is 4.76. The number of rotatable bonds is 8. The van der Waals surface area contributed by atoms with E-state index in [1.807, 2.05) is 17.8 Å². The summed E-state index contributed by atoms with van der Waals surface area (Å²) < 4.78 is 2.20. The summed E-state index contributed by atoms with van der Waals surface area (Å²) in [4.78, 5) is 6.96. The zero-order valence-electron chi connectivity index (χ0n) is 12.6. The van der Waals surface area contributed by atoms with E-state index in [0.29, 0.717) is 0 Å². The molecule has 4 nitrogen and oxygen atoms in total. The average Bonchev–Trinajstić information content (AvgIpc) is 2.77. The number of nitrogens with one attached hydrogen (secondary N) is 1. The van der Waals surface area contributed by atoms with E-state index in [-0.39, 0.29) is 0 Å². The first-order valence-electron chi connectivity index (χ1n) is 7.16. The lowest BCUT2D eigenvalue weighted by atomic mass is 10.4. The second-order valence-corrected chi connectivity index (χ2v) is 6.20. The van der Waals surface area contributed by atoms with Gasteiger partial charge in [0, 0.05) is 25.0 Å². The maximum Gasteiger partial charge on any atom is 0.138 e. The highest BCUT2D eigenvalue weighted by Crippen LogP contribution is 2.23. The number of hydrogen-bond acceptors (Lipinski definition) is 4. The smallest absolute Gasteiger partial charge is 0.138 e. The van der Waals surface area contributed by atoms with Crippen LogP contribution in [0.1, 0.15) is 19.0 Å². The summed E-state index contributed by atoms with van der Waals surface area (Å²) in [6, 6.07) is 6.17. The molecule has 0 unspecified atom stereocenters. The highest BCUT2D eigenvalue weighted by atomic mass is 32.2. The predicted molar refractivity (Wildman–Crippen MR) is 86.5 cm³/mol. The summed E-state index contributed by atoms with van der Waals surface area (Å²) in [6.45, 7) is 5.18. The van der Waals surface area contributed by atoms with E-state index in [1.165, 1.54) is 5.69 Å². The Morgan fingerprint density at radius 1 is 1.35 bits per heavy atom. The molecule has 20 heavy (non-hydrogen) atoms. The lowest BCUT2D eigenvalue weighted by Crippen LogP contribution is -2.16. The topological polar surface area (TPSA) is 32.6 Å². The van der Waals surface area contributed by atoms with Gasteiger partial charge in [0.05, 0.1) is 5.69 Å². The quantitative estimate of drug-likeness (QED) is 0.598. The van der Waals surface area contributed by atoms with Crippen LogP contribution in [-0.4, -0.2) is 47.2 Å². The molecule has 5 heteroatoms. The third-order valence-electron chi connectivity index (χ3n) is 3.09. The van der Waals surface area contributed by atoms with Gasteiger partial charge in [-0.25, -0.2) is 4.98 Å². The number of thioether (sulfide) groups is 1. The van der Waals surface area contributed by atoms with Gasteiger partial charge in [-0.05, 0) is 39.2 Å². The molecule has 0 aliphatic carbocycles. The van der Waals surface area contributed by atoms with Crippen LogP contribution in [0, 0.1) is 0 Å². The molecule has 0 fully saturated rings. The molecule has 2 aromatic heterocycles. The minimum Gasteiger partial charge on any atom is -0.311 e. The fourth-order valence-corrected chi connectivity index (χ4v) is 3.15. The van der Waals surface area contributed by atoms with E-state index in [4.69, 9.17) is 4.98 Å². The van der Waals surface area contributed by atoms with Crippen molar-refractivity contribution in [1.29, 1.82) is 0 Å². The summed E-state index contributed by atoms with van der Waals surface area (Å²) >= 11 is 1.85. The normalized spacial score (nSPS) is 11.6. The monoisotopic (exact) mass is 292 g/mol. The first kappa shape index (κ1) is 15.4. The van der Waals surface area contributed by atoms with Crippen molar-refractivity contribution in [2.75, 3.05) is 32.9 Å². The molecule has 0 aromatic carbocycles. The largest absolute Gasteiger partial charge is 0.311 e. The Morgan fingerprint density at radius 2 is 2.20 bits per heavy atom. The fraction of sp³-hybridized carbons (Fsp3) is 0.533. The van der Waals surface area contributed by atoms with Crippen molar-refractivity contribution in [2.45, 2.75) is 24.9 Å². The highest BCUT2D eigenvalue weighted by molar-refractivity contribution is 7.99. The van der Waals surface area contributed by atoms with Crippen LogP contribution in [0.25, 0.3) is 5.65 Å². The van der Waals surface area contributed by atoms with Gasteiger partial charge in [0.25, 0.3) is 0 Å². The number of imidazole rings is 1. The van der Waals surface area contributed by atoms with E-state index in [0.717, 1.165) is 42.5 Å². The van der Waals surface area contributed by atoms with Gasteiger partial charge >= 0.3 is 0 Å². The molecule has 2 heterocycles. The van der Waals surface area contributed by atoms with Crippen molar-refractivity contribution in [1.82, 2.24) is 19.6 Å². The molecule has 0 saturated carbocycles. The Hall–Kier alpha value is -1.04. The molecule has 0 radical (unpaired) electrons. The second-order valence-electron chi connectivity index (χ2n) is 5.12. The lowest BCUT2D eigenvalue weighted by molar-refractivity contribution is 0.437. The molecule has 0 aliphatic heterocycles. The number of pyridine rings is 1. The first-order chi connectivity index (χ1) is 9.72. The molecule has 110 valence electrons. The van der Waals surface area contributed by atoms with Crippen molar-refractivity contribution in [3.05, 3.63) is 30.1 Å². The molecule has 0 aliphatic rings. The third-order valence-corrected chi connectivity index (χ3v) is 4.08. The number of hydrogen-bond donors (Lipinski definition) is 1.